The van der Waals surface area contributed by atoms with E-state index in [0.717, 1.165) is 61.2 Å². The van der Waals surface area contributed by atoms with Crippen molar-refractivity contribution >= 4 is 0 Å². The number of nitrogens with zero attached hydrogens (tertiary/aromatic N) is 4. The fourth-order valence-electron chi connectivity index (χ4n) is 8.37. The van der Waals surface area contributed by atoms with Crippen molar-refractivity contribution in [2.45, 2.75) is 19.3 Å². The van der Waals surface area contributed by atoms with Crippen molar-refractivity contribution < 1.29 is 0 Å². The summed E-state index contributed by atoms with van der Waals surface area (Å²) in [6.07, 6.45) is 0. The molecule has 1 aliphatic rings. The molecule has 0 amide bonds. The van der Waals surface area contributed by atoms with Gasteiger partial charge in [0, 0.05) is 22.1 Å². The summed E-state index contributed by atoms with van der Waals surface area (Å²) in [4.78, 5) is 15.2. The highest BCUT2D eigenvalue weighted by Crippen LogP contribution is 2.50. The summed E-state index contributed by atoms with van der Waals surface area (Å²) < 4.78 is 0. The Balaban J connectivity index is 0.996. The summed E-state index contributed by atoms with van der Waals surface area (Å²) in [5.41, 5.74) is 17.3. The fourth-order valence-corrected chi connectivity index (χ4v) is 8.37. The lowest BCUT2D eigenvalue weighted by Gasteiger charge is -2.21. The molecule has 8 aromatic carbocycles. The number of fused-ring (bicyclic) bond motifs is 3. The molecular weight excluding hydrogens is 717 g/mol. The van der Waals surface area contributed by atoms with E-state index in [9.17, 15) is 5.26 Å². The molecule has 0 atom stereocenters. The van der Waals surface area contributed by atoms with E-state index in [1.54, 1.807) is 0 Å². The predicted octanol–water partition coefficient (Wildman–Crippen LogP) is 13.7. The zero-order valence-electron chi connectivity index (χ0n) is 32.8. The first kappa shape index (κ1) is 35.7. The smallest absolute Gasteiger partial charge is 0.164 e. The molecule has 0 spiro atoms. The molecule has 0 N–H and O–H groups in total. The van der Waals surface area contributed by atoms with Crippen LogP contribution in [-0.4, -0.2) is 15.0 Å². The van der Waals surface area contributed by atoms with Gasteiger partial charge >= 0.3 is 0 Å². The minimum absolute atomic E-state index is 0.168. The minimum atomic E-state index is -0.168. The van der Waals surface area contributed by atoms with Gasteiger partial charge < -0.3 is 0 Å². The van der Waals surface area contributed by atoms with Crippen molar-refractivity contribution in [3.8, 4) is 95.9 Å². The zero-order chi connectivity index (χ0) is 39.9. The van der Waals surface area contributed by atoms with Gasteiger partial charge in [-0.2, -0.15) is 5.26 Å². The molecule has 59 heavy (non-hydrogen) atoms. The maximum atomic E-state index is 9.57. The molecule has 0 aliphatic heterocycles. The fraction of sp³-hybridized carbons (Fsp3) is 0.0545. The summed E-state index contributed by atoms with van der Waals surface area (Å²) >= 11 is 0. The van der Waals surface area contributed by atoms with Crippen LogP contribution in [-0.2, 0) is 5.41 Å². The number of aromatic nitrogens is 3. The topological polar surface area (TPSA) is 62.5 Å². The molecule has 0 saturated carbocycles. The maximum absolute atomic E-state index is 9.57. The number of hydrogen-bond donors (Lipinski definition) is 0. The lowest BCUT2D eigenvalue weighted by atomic mass is 9.81. The van der Waals surface area contributed by atoms with Crippen LogP contribution < -0.4 is 0 Å². The summed E-state index contributed by atoms with van der Waals surface area (Å²) in [6, 6.07) is 70.0. The Bertz CT molecular complexity index is 3050. The minimum Gasteiger partial charge on any atom is -0.208 e. The second kappa shape index (κ2) is 14.6. The van der Waals surface area contributed by atoms with Crippen molar-refractivity contribution in [2.75, 3.05) is 0 Å². The molecule has 4 nitrogen and oxygen atoms in total. The molecule has 0 bridgehead atoms. The lowest BCUT2D eigenvalue weighted by molar-refractivity contribution is 0.660. The van der Waals surface area contributed by atoms with Gasteiger partial charge in [0.25, 0.3) is 0 Å². The monoisotopic (exact) mass is 754 g/mol. The standard InChI is InChI=1S/C55H38N4/c1-55(2)50-30-28-46(34-49(50)48-29-19-36(35-56)31-51(48)55)45-17-9-15-43(32-45)40-22-26-42(27-23-40)53-57-52(41-24-20-39(21-25-41)37-11-5-3-6-12-37)58-54(59-53)47-18-10-16-44(33-47)38-13-7-4-8-14-38/h3-34H,1-2H3. The zero-order valence-corrected chi connectivity index (χ0v) is 32.8. The number of rotatable bonds is 7. The van der Waals surface area contributed by atoms with E-state index < -0.39 is 0 Å². The molecule has 0 unspecified atom stereocenters. The van der Waals surface area contributed by atoms with Crippen LogP contribution in [0.2, 0.25) is 0 Å². The second-order valence-corrected chi connectivity index (χ2v) is 15.6. The average molecular weight is 755 g/mol. The van der Waals surface area contributed by atoms with Crippen LogP contribution in [0.4, 0.5) is 0 Å². The summed E-state index contributed by atoms with van der Waals surface area (Å²) in [5.74, 6) is 1.86. The molecule has 278 valence electrons. The number of nitriles is 1. The van der Waals surface area contributed by atoms with Crippen molar-refractivity contribution in [3.05, 3.63) is 211 Å². The van der Waals surface area contributed by atoms with Gasteiger partial charge in [-0.25, -0.2) is 15.0 Å². The summed E-state index contributed by atoms with van der Waals surface area (Å²) in [5, 5.41) is 9.57. The maximum Gasteiger partial charge on any atom is 0.164 e. The van der Waals surface area contributed by atoms with E-state index in [0.29, 0.717) is 23.0 Å². The predicted molar refractivity (Wildman–Crippen MR) is 240 cm³/mol. The molecule has 9 aromatic rings. The van der Waals surface area contributed by atoms with Gasteiger partial charge in [0.2, 0.25) is 0 Å². The molecule has 1 aliphatic carbocycles. The highest BCUT2D eigenvalue weighted by molar-refractivity contribution is 5.86. The van der Waals surface area contributed by atoms with E-state index in [4.69, 9.17) is 15.0 Å². The Morgan fingerprint density at radius 2 is 0.746 bits per heavy atom. The van der Waals surface area contributed by atoms with Gasteiger partial charge in [-0.15, -0.1) is 0 Å². The van der Waals surface area contributed by atoms with Crippen LogP contribution in [0.1, 0.15) is 30.5 Å². The van der Waals surface area contributed by atoms with Crippen molar-refractivity contribution in [2.24, 2.45) is 0 Å². The first-order chi connectivity index (χ1) is 28.9. The molecule has 1 heterocycles. The van der Waals surface area contributed by atoms with Crippen LogP contribution in [0.15, 0.2) is 194 Å². The van der Waals surface area contributed by atoms with E-state index in [1.807, 2.05) is 24.3 Å². The van der Waals surface area contributed by atoms with Gasteiger partial charge in [0.15, 0.2) is 17.5 Å². The Labute approximate surface area is 344 Å². The van der Waals surface area contributed by atoms with Crippen molar-refractivity contribution in [1.82, 2.24) is 15.0 Å². The molecule has 1 aromatic heterocycles. The third kappa shape index (κ3) is 6.69. The highest BCUT2D eigenvalue weighted by atomic mass is 15.0. The van der Waals surface area contributed by atoms with Gasteiger partial charge in [-0.1, -0.05) is 178 Å². The third-order valence-corrected chi connectivity index (χ3v) is 11.6. The van der Waals surface area contributed by atoms with Crippen LogP contribution in [0.3, 0.4) is 0 Å². The van der Waals surface area contributed by atoms with E-state index in [2.05, 4.69) is 190 Å². The Morgan fingerprint density at radius 3 is 1.32 bits per heavy atom. The summed E-state index contributed by atoms with van der Waals surface area (Å²) in [6.45, 7) is 4.49. The highest BCUT2D eigenvalue weighted by Gasteiger charge is 2.35. The number of benzene rings is 8. The molecule has 0 saturated heterocycles. The normalized spacial score (nSPS) is 12.4. The Morgan fingerprint density at radius 1 is 0.339 bits per heavy atom. The average Bonchev–Trinajstić information content (AvgIpc) is 3.54. The molecular formula is C55H38N4. The Kier molecular flexibility index (Phi) is 8.85. The van der Waals surface area contributed by atoms with Crippen LogP contribution in [0.5, 0.6) is 0 Å². The van der Waals surface area contributed by atoms with Crippen LogP contribution in [0.25, 0.3) is 89.8 Å². The lowest BCUT2D eigenvalue weighted by Crippen LogP contribution is -2.15. The molecule has 10 rings (SSSR count). The van der Waals surface area contributed by atoms with Crippen molar-refractivity contribution in [1.29, 1.82) is 5.26 Å². The van der Waals surface area contributed by atoms with E-state index in [1.165, 1.54) is 22.3 Å². The quantitative estimate of drug-likeness (QED) is 0.163. The first-order valence-electron chi connectivity index (χ1n) is 19.9. The van der Waals surface area contributed by atoms with Crippen LogP contribution >= 0.6 is 0 Å². The third-order valence-electron chi connectivity index (χ3n) is 11.6. The summed E-state index contributed by atoms with van der Waals surface area (Å²) in [7, 11) is 0. The Hall–Kier alpha value is -7.74. The first-order valence-corrected chi connectivity index (χ1v) is 19.9. The molecule has 4 heteroatoms. The van der Waals surface area contributed by atoms with Crippen LogP contribution in [0, 0.1) is 11.3 Å². The second-order valence-electron chi connectivity index (χ2n) is 15.6. The SMILES string of the molecule is CC1(C)c2ccc(-c3cccc(-c4ccc(-c5nc(-c6ccc(-c7ccccc7)cc6)nc(-c6cccc(-c7ccccc7)c6)n5)cc4)c3)cc2-c2ccc(C#N)cc21. The number of hydrogen-bond acceptors (Lipinski definition) is 4. The van der Waals surface area contributed by atoms with Gasteiger partial charge in [-0.3, -0.25) is 0 Å². The van der Waals surface area contributed by atoms with Gasteiger partial charge in [-0.05, 0) is 97.1 Å². The van der Waals surface area contributed by atoms with E-state index >= 15 is 0 Å². The van der Waals surface area contributed by atoms with Crippen molar-refractivity contribution in [3.63, 3.8) is 0 Å². The largest absolute Gasteiger partial charge is 0.208 e. The van der Waals surface area contributed by atoms with E-state index in [-0.39, 0.29) is 5.41 Å². The molecule has 0 fully saturated rings. The van der Waals surface area contributed by atoms with Gasteiger partial charge in [0.1, 0.15) is 0 Å². The molecule has 0 radical (unpaired) electrons. The van der Waals surface area contributed by atoms with Gasteiger partial charge in [0.05, 0.1) is 11.6 Å².